The van der Waals surface area contributed by atoms with Gasteiger partial charge in [-0.25, -0.2) is 13.1 Å². The Balaban J connectivity index is 1.79. The summed E-state index contributed by atoms with van der Waals surface area (Å²) in [5, 5.41) is 2.65. The van der Waals surface area contributed by atoms with Crippen LogP contribution < -0.4 is 14.8 Å². The fraction of sp³-hybridized carbons (Fsp3) is 0.611. The zero-order chi connectivity index (χ0) is 19.1. The lowest BCUT2D eigenvalue weighted by Crippen LogP contribution is -2.39. The van der Waals surface area contributed by atoms with Crippen LogP contribution in [-0.4, -0.2) is 27.0 Å². The number of hydrogen-bond acceptors (Lipinski definition) is 4. The highest BCUT2D eigenvalue weighted by atomic mass is 79.9. The van der Waals surface area contributed by atoms with Crippen molar-refractivity contribution in [2.75, 3.05) is 11.9 Å². The summed E-state index contributed by atoms with van der Waals surface area (Å²) in [6.07, 6.45) is 3.68. The van der Waals surface area contributed by atoms with Crippen LogP contribution in [0.1, 0.15) is 46.5 Å². The van der Waals surface area contributed by atoms with Gasteiger partial charge in [0.15, 0.2) is 12.4 Å². The molecule has 2 aliphatic rings. The first-order chi connectivity index (χ1) is 12.1. The van der Waals surface area contributed by atoms with E-state index in [4.69, 9.17) is 4.74 Å². The Bertz CT molecular complexity index is 809. The second kappa shape index (κ2) is 7.13. The van der Waals surface area contributed by atoms with Crippen molar-refractivity contribution in [3.63, 3.8) is 0 Å². The molecule has 144 valence electrons. The second-order valence-electron chi connectivity index (χ2n) is 8.15. The third-order valence-corrected chi connectivity index (χ3v) is 7.19. The number of halogens is 1. The molecule has 0 saturated heterocycles. The fourth-order valence-corrected chi connectivity index (χ4v) is 5.80. The Hall–Kier alpha value is -1.12. The maximum absolute atomic E-state index is 13.0. The largest absolute Gasteiger partial charge is 0.480 e. The van der Waals surface area contributed by atoms with Gasteiger partial charge in [-0.1, -0.05) is 36.7 Å². The van der Waals surface area contributed by atoms with E-state index >= 15 is 0 Å². The van der Waals surface area contributed by atoms with Crippen molar-refractivity contribution in [3.05, 3.63) is 16.6 Å². The van der Waals surface area contributed by atoms with E-state index in [1.165, 1.54) is 6.07 Å². The maximum Gasteiger partial charge on any atom is 0.262 e. The molecule has 8 heteroatoms. The van der Waals surface area contributed by atoms with Gasteiger partial charge in [-0.15, -0.1) is 0 Å². The molecule has 1 amide bonds. The van der Waals surface area contributed by atoms with E-state index in [1.54, 1.807) is 6.07 Å². The first kappa shape index (κ1) is 19.6. The number of hydrogen-bond donors (Lipinski definition) is 2. The lowest BCUT2D eigenvalue weighted by molar-refractivity contribution is -0.118. The molecule has 0 atom stereocenters. The Morgan fingerprint density at radius 3 is 2.46 bits per heavy atom. The first-order valence-electron chi connectivity index (χ1n) is 8.85. The average Bonchev–Trinajstić information content (AvgIpc) is 2.53. The predicted molar refractivity (Wildman–Crippen MR) is 104 cm³/mol. The molecule has 0 unspecified atom stereocenters. The molecular formula is C18H25BrN2O4S. The van der Waals surface area contributed by atoms with E-state index in [0.29, 0.717) is 16.1 Å². The van der Waals surface area contributed by atoms with Gasteiger partial charge in [0, 0.05) is 10.5 Å². The topological polar surface area (TPSA) is 84.5 Å². The van der Waals surface area contributed by atoms with Crippen LogP contribution in [0.3, 0.4) is 0 Å². The molecule has 26 heavy (non-hydrogen) atoms. The number of rotatable bonds is 3. The summed E-state index contributed by atoms with van der Waals surface area (Å²) in [6, 6.07) is 3.07. The average molecular weight is 445 g/mol. The normalized spacial score (nSPS) is 23.8. The SMILES string of the molecule is CC(C)(C)C1CCC(NS(=O)(=O)c2cc(Br)cc3c2OCC(=O)N3)CC1. The number of ether oxygens (including phenoxy) is 1. The van der Waals surface area contributed by atoms with Crippen molar-refractivity contribution in [2.45, 2.75) is 57.4 Å². The van der Waals surface area contributed by atoms with Crippen LogP contribution in [-0.2, 0) is 14.8 Å². The number of sulfonamides is 1. The summed E-state index contributed by atoms with van der Waals surface area (Å²) in [7, 11) is -3.75. The van der Waals surface area contributed by atoms with Crippen molar-refractivity contribution in [3.8, 4) is 5.75 Å². The molecule has 1 aromatic carbocycles. The van der Waals surface area contributed by atoms with Gasteiger partial charge in [-0.3, -0.25) is 4.79 Å². The van der Waals surface area contributed by atoms with Gasteiger partial charge in [-0.2, -0.15) is 0 Å². The molecule has 1 saturated carbocycles. The van der Waals surface area contributed by atoms with Gasteiger partial charge in [0.1, 0.15) is 4.90 Å². The molecule has 1 fully saturated rings. The highest BCUT2D eigenvalue weighted by molar-refractivity contribution is 9.10. The minimum atomic E-state index is -3.75. The highest BCUT2D eigenvalue weighted by Gasteiger charge is 2.33. The van der Waals surface area contributed by atoms with Crippen molar-refractivity contribution in [1.29, 1.82) is 0 Å². The van der Waals surface area contributed by atoms with E-state index in [-0.39, 0.29) is 34.6 Å². The highest BCUT2D eigenvalue weighted by Crippen LogP contribution is 2.40. The molecule has 3 rings (SSSR count). The van der Waals surface area contributed by atoms with Crippen LogP contribution in [0, 0.1) is 11.3 Å². The van der Waals surface area contributed by atoms with Gasteiger partial charge in [-0.05, 0) is 49.1 Å². The number of carbonyl (C=O) groups is 1. The number of carbonyl (C=O) groups excluding carboxylic acids is 1. The molecule has 0 radical (unpaired) electrons. The number of anilines is 1. The third-order valence-electron chi connectivity index (χ3n) is 5.20. The summed E-state index contributed by atoms with van der Waals surface area (Å²) in [6.45, 7) is 6.53. The van der Waals surface area contributed by atoms with E-state index in [1.807, 2.05) is 0 Å². The molecule has 6 nitrogen and oxygen atoms in total. The molecule has 0 aromatic heterocycles. The van der Waals surface area contributed by atoms with Crippen molar-refractivity contribution < 1.29 is 17.9 Å². The second-order valence-corrected chi connectivity index (χ2v) is 10.8. The molecule has 1 heterocycles. The molecule has 0 bridgehead atoms. The van der Waals surface area contributed by atoms with Gasteiger partial charge in [0.05, 0.1) is 5.69 Å². The predicted octanol–water partition coefficient (Wildman–Crippen LogP) is 3.66. The van der Waals surface area contributed by atoms with Crippen LogP contribution >= 0.6 is 15.9 Å². The smallest absolute Gasteiger partial charge is 0.262 e. The number of nitrogens with one attached hydrogen (secondary N) is 2. The Morgan fingerprint density at radius 2 is 1.85 bits per heavy atom. The number of amides is 1. The zero-order valence-corrected chi connectivity index (χ0v) is 17.7. The minimum Gasteiger partial charge on any atom is -0.480 e. The van der Waals surface area contributed by atoms with Crippen molar-refractivity contribution in [2.24, 2.45) is 11.3 Å². The van der Waals surface area contributed by atoms with Crippen LogP contribution in [0.5, 0.6) is 5.75 Å². The number of fused-ring (bicyclic) bond motifs is 1. The number of benzene rings is 1. The van der Waals surface area contributed by atoms with Gasteiger partial charge in [0.25, 0.3) is 5.91 Å². The van der Waals surface area contributed by atoms with Gasteiger partial charge >= 0.3 is 0 Å². The molecule has 0 spiro atoms. The molecule has 1 aliphatic heterocycles. The lowest BCUT2D eigenvalue weighted by atomic mass is 9.71. The summed E-state index contributed by atoms with van der Waals surface area (Å²) in [4.78, 5) is 11.6. The molecule has 1 aromatic rings. The first-order valence-corrected chi connectivity index (χ1v) is 11.1. The van der Waals surface area contributed by atoms with Crippen molar-refractivity contribution >= 4 is 37.5 Å². The van der Waals surface area contributed by atoms with E-state index in [0.717, 1.165) is 25.7 Å². The van der Waals surface area contributed by atoms with Crippen molar-refractivity contribution in [1.82, 2.24) is 4.72 Å². The lowest BCUT2D eigenvalue weighted by Gasteiger charge is -2.37. The summed E-state index contributed by atoms with van der Waals surface area (Å²) < 4.78 is 34.7. The zero-order valence-electron chi connectivity index (χ0n) is 15.3. The maximum atomic E-state index is 13.0. The molecule has 1 aliphatic carbocycles. The Labute approximate surface area is 163 Å². The monoisotopic (exact) mass is 444 g/mol. The van der Waals surface area contributed by atoms with Gasteiger partial charge in [0.2, 0.25) is 10.0 Å². The van der Waals surface area contributed by atoms with Crippen LogP contribution in [0.15, 0.2) is 21.5 Å². The summed E-state index contributed by atoms with van der Waals surface area (Å²) >= 11 is 3.31. The minimum absolute atomic E-state index is 0.0554. The van der Waals surface area contributed by atoms with Crippen LogP contribution in [0.4, 0.5) is 5.69 Å². The standard InChI is InChI=1S/C18H25BrN2O4S/c1-18(2,3)11-4-6-13(7-5-11)21-26(23,24)15-9-12(19)8-14-17(15)25-10-16(22)20-14/h8-9,11,13,21H,4-7,10H2,1-3H3,(H,20,22). The molecule has 2 N–H and O–H groups in total. The van der Waals surface area contributed by atoms with E-state index in [2.05, 4.69) is 46.7 Å². The van der Waals surface area contributed by atoms with Crippen LogP contribution in [0.2, 0.25) is 0 Å². The summed E-state index contributed by atoms with van der Waals surface area (Å²) in [5.74, 6) is 0.511. The van der Waals surface area contributed by atoms with E-state index < -0.39 is 10.0 Å². The van der Waals surface area contributed by atoms with E-state index in [9.17, 15) is 13.2 Å². The quantitative estimate of drug-likeness (QED) is 0.744. The Kier molecular flexibility index (Phi) is 5.38. The van der Waals surface area contributed by atoms with Gasteiger partial charge < -0.3 is 10.1 Å². The fourth-order valence-electron chi connectivity index (χ4n) is 3.69. The third kappa shape index (κ3) is 4.23. The molecular weight excluding hydrogens is 420 g/mol. The Morgan fingerprint density at radius 1 is 1.19 bits per heavy atom. The van der Waals surface area contributed by atoms with Crippen LogP contribution in [0.25, 0.3) is 0 Å². The summed E-state index contributed by atoms with van der Waals surface area (Å²) in [5.41, 5.74) is 0.617.